The smallest absolute Gasteiger partial charge is 0.263 e. The molecular formula is C24H30ClN7O2. The highest BCUT2D eigenvalue weighted by atomic mass is 35.5. The fourth-order valence-electron chi connectivity index (χ4n) is 4.64. The molecular weight excluding hydrogens is 454 g/mol. The van der Waals surface area contributed by atoms with Crippen molar-refractivity contribution in [2.45, 2.75) is 45.6 Å². The van der Waals surface area contributed by atoms with Crippen LogP contribution in [0, 0.1) is 6.92 Å². The SMILES string of the molecule is Cl.[2H]C1([2H])CN(c2ccc(Nc3ncc4c(C)c(C(C)=O)c(=O)n(C5CCCC5)c4n3)nc2)CC([2H])([2H])N1. The Morgan fingerprint density at radius 1 is 1.18 bits per heavy atom. The number of anilines is 3. The van der Waals surface area contributed by atoms with Gasteiger partial charge in [0.05, 0.1) is 17.4 Å². The first-order valence-corrected chi connectivity index (χ1v) is 11.1. The third kappa shape index (κ3) is 4.50. The van der Waals surface area contributed by atoms with Gasteiger partial charge in [0.25, 0.3) is 5.56 Å². The maximum atomic E-state index is 13.4. The Balaban J connectivity index is 0.00000336. The van der Waals surface area contributed by atoms with Gasteiger partial charge >= 0.3 is 0 Å². The number of hydrogen-bond donors (Lipinski definition) is 2. The van der Waals surface area contributed by atoms with E-state index in [1.165, 1.54) is 6.92 Å². The highest BCUT2D eigenvalue weighted by Crippen LogP contribution is 2.32. The van der Waals surface area contributed by atoms with Gasteiger partial charge in [0, 0.05) is 49.2 Å². The van der Waals surface area contributed by atoms with Crippen LogP contribution in [0.15, 0.2) is 29.3 Å². The van der Waals surface area contributed by atoms with E-state index < -0.39 is 13.0 Å². The molecule has 5 rings (SSSR count). The normalized spacial score (nSPS) is 21.2. The van der Waals surface area contributed by atoms with Gasteiger partial charge in [0.1, 0.15) is 11.5 Å². The first-order valence-electron chi connectivity index (χ1n) is 13.1. The minimum Gasteiger partial charge on any atom is -0.368 e. The van der Waals surface area contributed by atoms with E-state index in [1.807, 2.05) is 0 Å². The van der Waals surface area contributed by atoms with Gasteiger partial charge in [0.15, 0.2) is 5.78 Å². The second-order valence-electron chi connectivity index (χ2n) is 8.46. The van der Waals surface area contributed by atoms with Crippen molar-refractivity contribution in [1.82, 2.24) is 24.8 Å². The molecule has 10 heteroatoms. The molecule has 0 aromatic carbocycles. The van der Waals surface area contributed by atoms with Gasteiger partial charge < -0.3 is 15.5 Å². The molecule has 1 aliphatic heterocycles. The lowest BCUT2D eigenvalue weighted by atomic mass is 10.0. The Kier molecular flexibility index (Phi) is 5.71. The molecule has 9 nitrogen and oxygen atoms in total. The predicted molar refractivity (Wildman–Crippen MR) is 136 cm³/mol. The molecule has 1 saturated carbocycles. The number of pyridine rings is 2. The number of aromatic nitrogens is 4. The maximum absolute atomic E-state index is 13.4. The average molecular weight is 488 g/mol. The molecule has 0 radical (unpaired) electrons. The zero-order valence-electron chi connectivity index (χ0n) is 23.1. The Labute approximate surface area is 210 Å². The summed E-state index contributed by atoms with van der Waals surface area (Å²) < 4.78 is 33.4. The Bertz CT molecular complexity index is 1410. The number of nitrogens with zero attached hydrogens (tertiary/aromatic N) is 5. The Morgan fingerprint density at radius 3 is 2.56 bits per heavy atom. The standard InChI is InChI=1S/C24H29N7O2.ClH/c1-15-19-14-27-24(28-20-8-7-18(13-26-20)30-11-9-25-10-12-30)29-22(19)31(17-5-3-4-6-17)23(33)21(15)16(2)32;/h7-8,13-14,17,25H,3-6,9-12H2,1-2H3,(H,26,27,28,29);1H/i9D2,10D2;. The van der Waals surface area contributed by atoms with Gasteiger partial charge in [-0.15, -0.1) is 12.4 Å². The summed E-state index contributed by atoms with van der Waals surface area (Å²) in [5, 5.41) is 6.08. The minimum atomic E-state index is -1.88. The van der Waals surface area contributed by atoms with E-state index in [1.54, 1.807) is 40.9 Å². The number of ketones is 1. The topological polar surface area (TPSA) is 105 Å². The first kappa shape index (κ1) is 19.3. The van der Waals surface area contributed by atoms with Crippen molar-refractivity contribution in [3.8, 4) is 0 Å². The van der Waals surface area contributed by atoms with Gasteiger partial charge in [-0.25, -0.2) is 9.97 Å². The lowest BCUT2D eigenvalue weighted by Gasteiger charge is -2.29. The molecule has 1 saturated heterocycles. The summed E-state index contributed by atoms with van der Waals surface area (Å²) in [6.07, 6.45) is 6.91. The monoisotopic (exact) mass is 487 g/mol. The van der Waals surface area contributed by atoms with Crippen LogP contribution in [0.5, 0.6) is 0 Å². The largest absolute Gasteiger partial charge is 0.368 e. The Hall–Kier alpha value is -3.04. The quantitative estimate of drug-likeness (QED) is 0.527. The van der Waals surface area contributed by atoms with Gasteiger partial charge in [-0.05, 0) is 44.4 Å². The van der Waals surface area contributed by atoms with E-state index in [-0.39, 0.29) is 54.4 Å². The summed E-state index contributed by atoms with van der Waals surface area (Å²) in [5.74, 6) is 0.424. The van der Waals surface area contributed by atoms with Crippen molar-refractivity contribution in [3.63, 3.8) is 0 Å². The van der Waals surface area contributed by atoms with Crippen molar-refractivity contribution in [1.29, 1.82) is 0 Å². The number of carbonyl (C=O) groups is 1. The average Bonchev–Trinajstić information content (AvgIpc) is 3.32. The maximum Gasteiger partial charge on any atom is 0.263 e. The van der Waals surface area contributed by atoms with Crippen LogP contribution in [0.3, 0.4) is 0 Å². The zero-order valence-corrected chi connectivity index (χ0v) is 19.9. The minimum absolute atomic E-state index is 0. The van der Waals surface area contributed by atoms with E-state index in [2.05, 4.69) is 25.6 Å². The van der Waals surface area contributed by atoms with Crippen LogP contribution in [-0.2, 0) is 0 Å². The molecule has 0 bridgehead atoms. The van der Waals surface area contributed by atoms with Gasteiger partial charge in [-0.3, -0.25) is 14.2 Å². The second kappa shape index (κ2) is 10.1. The number of nitrogens with one attached hydrogen (secondary N) is 2. The zero-order chi connectivity index (χ0) is 26.5. The fourth-order valence-corrected chi connectivity index (χ4v) is 4.64. The van der Waals surface area contributed by atoms with E-state index >= 15 is 0 Å². The molecule has 34 heavy (non-hydrogen) atoms. The predicted octanol–water partition coefficient (Wildman–Crippen LogP) is 3.39. The Morgan fingerprint density at radius 2 is 1.91 bits per heavy atom. The number of piperazine rings is 1. The summed E-state index contributed by atoms with van der Waals surface area (Å²) in [7, 11) is 0. The molecule has 0 atom stereocenters. The third-order valence-corrected chi connectivity index (χ3v) is 6.32. The van der Waals surface area contributed by atoms with Gasteiger partial charge in [-0.1, -0.05) is 12.8 Å². The molecule has 4 heterocycles. The van der Waals surface area contributed by atoms with Crippen LogP contribution < -0.4 is 21.1 Å². The van der Waals surface area contributed by atoms with Crippen LogP contribution in [-0.4, -0.2) is 51.4 Å². The molecule has 3 aromatic rings. The molecule has 0 spiro atoms. The number of hydrogen-bond acceptors (Lipinski definition) is 8. The summed E-state index contributed by atoms with van der Waals surface area (Å²) in [6.45, 7) is -0.648. The number of fused-ring (bicyclic) bond motifs is 1. The highest BCUT2D eigenvalue weighted by Gasteiger charge is 2.25. The lowest BCUT2D eigenvalue weighted by Crippen LogP contribution is -2.43. The summed E-state index contributed by atoms with van der Waals surface area (Å²) >= 11 is 0. The second-order valence-corrected chi connectivity index (χ2v) is 8.46. The van der Waals surface area contributed by atoms with E-state index in [0.717, 1.165) is 25.7 Å². The molecule has 0 amide bonds. The molecule has 0 unspecified atom stereocenters. The van der Waals surface area contributed by atoms with Crippen LogP contribution >= 0.6 is 12.4 Å². The third-order valence-electron chi connectivity index (χ3n) is 6.32. The van der Waals surface area contributed by atoms with Crippen molar-refractivity contribution < 1.29 is 10.3 Å². The van der Waals surface area contributed by atoms with Crippen LogP contribution in [0.4, 0.5) is 17.5 Å². The number of Topliss-reactive ketones (excluding diaryl/α,β-unsaturated/α-hetero) is 1. The molecule has 180 valence electrons. The van der Waals surface area contributed by atoms with E-state index in [0.29, 0.717) is 28.1 Å². The molecule has 1 aliphatic carbocycles. The molecule has 3 aromatic heterocycles. The number of carbonyl (C=O) groups excluding carboxylic acids is 1. The van der Waals surface area contributed by atoms with Crippen LogP contribution in [0.2, 0.25) is 0 Å². The molecule has 2 fully saturated rings. The molecule has 2 aliphatic rings. The number of aryl methyl sites for hydroxylation is 1. The van der Waals surface area contributed by atoms with Gasteiger partial charge in [0.2, 0.25) is 5.95 Å². The van der Waals surface area contributed by atoms with Gasteiger partial charge in [-0.2, -0.15) is 4.98 Å². The first-order chi connectivity index (χ1) is 17.4. The van der Waals surface area contributed by atoms with Crippen LogP contribution in [0.1, 0.15) is 60.1 Å². The van der Waals surface area contributed by atoms with Crippen molar-refractivity contribution in [2.24, 2.45) is 0 Å². The highest BCUT2D eigenvalue weighted by molar-refractivity contribution is 5.99. The van der Waals surface area contributed by atoms with Crippen LogP contribution in [0.25, 0.3) is 11.0 Å². The fraction of sp³-hybridized carbons (Fsp3) is 0.458. The summed E-state index contributed by atoms with van der Waals surface area (Å²) in [6, 6.07) is 3.39. The number of halogens is 1. The van der Waals surface area contributed by atoms with Crippen molar-refractivity contribution in [3.05, 3.63) is 46.0 Å². The molecule has 2 N–H and O–H groups in total. The number of rotatable bonds is 5. The van der Waals surface area contributed by atoms with Crippen molar-refractivity contribution in [2.75, 3.05) is 36.3 Å². The van der Waals surface area contributed by atoms with E-state index in [9.17, 15) is 9.59 Å². The van der Waals surface area contributed by atoms with Crippen molar-refractivity contribution >= 4 is 46.7 Å². The summed E-state index contributed by atoms with van der Waals surface area (Å²) in [5.41, 5.74) is 1.52. The lowest BCUT2D eigenvalue weighted by molar-refractivity contribution is 0.101. The summed E-state index contributed by atoms with van der Waals surface area (Å²) in [4.78, 5) is 40.7. The van der Waals surface area contributed by atoms with E-state index in [4.69, 9.17) is 5.48 Å².